The fourth-order valence-electron chi connectivity index (χ4n) is 2.74. The highest BCUT2D eigenvalue weighted by atomic mass is 32.2. The van der Waals surface area contributed by atoms with Crippen molar-refractivity contribution in [3.8, 4) is 0 Å². The maximum Gasteiger partial charge on any atom is 0.337 e. The van der Waals surface area contributed by atoms with Gasteiger partial charge in [-0.15, -0.1) is 0 Å². The normalized spacial score (nSPS) is 10.8. The van der Waals surface area contributed by atoms with Crippen LogP contribution in [-0.2, 0) is 10.0 Å². The maximum absolute atomic E-state index is 12.7. The van der Waals surface area contributed by atoms with Gasteiger partial charge in [0.2, 0.25) is 0 Å². The lowest BCUT2D eigenvalue weighted by molar-refractivity contribution is 0.0687. The van der Waals surface area contributed by atoms with E-state index in [1.165, 1.54) is 60.7 Å². The van der Waals surface area contributed by atoms with Gasteiger partial charge in [0.1, 0.15) is 0 Å². The minimum Gasteiger partial charge on any atom is -0.478 e. The Morgan fingerprint density at radius 1 is 0.710 bits per heavy atom. The summed E-state index contributed by atoms with van der Waals surface area (Å²) in [5.74, 6) is -3.24. The molecular formula is C21H16N2O7S. The van der Waals surface area contributed by atoms with E-state index in [4.69, 9.17) is 0 Å². The topological polar surface area (TPSA) is 150 Å². The molecule has 4 N–H and O–H groups in total. The van der Waals surface area contributed by atoms with Crippen molar-refractivity contribution in [3.63, 3.8) is 0 Å². The second-order valence-corrected chi connectivity index (χ2v) is 7.97. The smallest absolute Gasteiger partial charge is 0.337 e. The summed E-state index contributed by atoms with van der Waals surface area (Å²) in [6.07, 6.45) is 0. The van der Waals surface area contributed by atoms with Crippen molar-refractivity contribution in [1.82, 2.24) is 0 Å². The number of anilines is 2. The summed E-state index contributed by atoms with van der Waals surface area (Å²) >= 11 is 0. The average Bonchev–Trinajstić information content (AvgIpc) is 2.74. The number of benzene rings is 3. The molecule has 1 amide bonds. The van der Waals surface area contributed by atoms with Gasteiger partial charge in [0.05, 0.1) is 27.4 Å². The number of hydrogen-bond donors (Lipinski definition) is 4. The van der Waals surface area contributed by atoms with Crippen molar-refractivity contribution in [2.24, 2.45) is 0 Å². The summed E-state index contributed by atoms with van der Waals surface area (Å²) in [5, 5.41) is 20.9. The summed E-state index contributed by atoms with van der Waals surface area (Å²) < 4.78 is 27.7. The van der Waals surface area contributed by atoms with Gasteiger partial charge in [0.25, 0.3) is 15.9 Å². The Kier molecular flexibility index (Phi) is 6.02. The van der Waals surface area contributed by atoms with Gasteiger partial charge >= 0.3 is 11.9 Å². The number of carbonyl (C=O) groups excluding carboxylic acids is 1. The van der Waals surface area contributed by atoms with Crippen molar-refractivity contribution in [3.05, 3.63) is 89.5 Å². The number of para-hydroxylation sites is 2. The third-order valence-corrected chi connectivity index (χ3v) is 5.58. The largest absolute Gasteiger partial charge is 0.478 e. The number of aromatic carboxylic acids is 2. The highest BCUT2D eigenvalue weighted by Gasteiger charge is 2.20. The number of hydrogen-bond acceptors (Lipinski definition) is 5. The molecule has 0 aliphatic rings. The molecule has 0 atom stereocenters. The van der Waals surface area contributed by atoms with Gasteiger partial charge in [-0.05, 0) is 42.5 Å². The van der Waals surface area contributed by atoms with E-state index in [1.54, 1.807) is 6.07 Å². The number of carboxylic acid groups (broad SMARTS) is 2. The lowest BCUT2D eigenvalue weighted by Crippen LogP contribution is -2.18. The van der Waals surface area contributed by atoms with E-state index in [0.29, 0.717) is 0 Å². The molecule has 0 saturated carbocycles. The van der Waals surface area contributed by atoms with Crippen LogP contribution >= 0.6 is 0 Å². The average molecular weight is 440 g/mol. The van der Waals surface area contributed by atoms with Gasteiger partial charge in [0.15, 0.2) is 0 Å². The highest BCUT2D eigenvalue weighted by Crippen LogP contribution is 2.22. The third-order valence-electron chi connectivity index (χ3n) is 4.21. The molecule has 0 bridgehead atoms. The fourth-order valence-corrected chi connectivity index (χ4v) is 3.87. The third kappa shape index (κ3) is 4.87. The summed E-state index contributed by atoms with van der Waals surface area (Å²) in [5.41, 5.74) is -0.451. The molecule has 3 rings (SSSR count). The minimum absolute atomic E-state index is 0.0328. The monoisotopic (exact) mass is 440 g/mol. The van der Waals surface area contributed by atoms with Gasteiger partial charge in [-0.1, -0.05) is 30.3 Å². The van der Waals surface area contributed by atoms with Crippen LogP contribution < -0.4 is 10.0 Å². The van der Waals surface area contributed by atoms with Crippen LogP contribution in [-0.4, -0.2) is 36.5 Å². The Bertz CT molecular complexity index is 1290. The first-order valence-corrected chi connectivity index (χ1v) is 10.3. The number of nitrogens with one attached hydrogen (secondary N) is 2. The van der Waals surface area contributed by atoms with Crippen LogP contribution in [0.5, 0.6) is 0 Å². The van der Waals surface area contributed by atoms with E-state index in [0.717, 1.165) is 6.07 Å². The Morgan fingerprint density at radius 3 is 1.87 bits per heavy atom. The van der Waals surface area contributed by atoms with Crippen molar-refractivity contribution in [1.29, 1.82) is 0 Å². The Balaban J connectivity index is 1.89. The molecule has 0 aromatic heterocycles. The molecule has 9 nitrogen and oxygen atoms in total. The molecule has 0 unspecified atom stereocenters. The number of sulfonamides is 1. The molecule has 0 saturated heterocycles. The lowest BCUT2D eigenvalue weighted by Gasteiger charge is -2.12. The van der Waals surface area contributed by atoms with Crippen molar-refractivity contribution in [2.45, 2.75) is 4.90 Å². The van der Waals surface area contributed by atoms with Crippen LogP contribution in [0.25, 0.3) is 0 Å². The predicted molar refractivity (Wildman–Crippen MR) is 112 cm³/mol. The van der Waals surface area contributed by atoms with E-state index >= 15 is 0 Å². The molecule has 0 aliphatic heterocycles. The van der Waals surface area contributed by atoms with Crippen LogP contribution in [0.1, 0.15) is 31.1 Å². The highest BCUT2D eigenvalue weighted by molar-refractivity contribution is 7.92. The Hall–Kier alpha value is -4.18. The zero-order valence-electron chi connectivity index (χ0n) is 15.8. The van der Waals surface area contributed by atoms with Crippen molar-refractivity contribution in [2.75, 3.05) is 10.0 Å². The second-order valence-electron chi connectivity index (χ2n) is 6.29. The minimum atomic E-state index is -4.21. The van der Waals surface area contributed by atoms with Crippen LogP contribution in [0, 0.1) is 0 Å². The van der Waals surface area contributed by atoms with Crippen LogP contribution in [0.2, 0.25) is 0 Å². The van der Waals surface area contributed by atoms with Gasteiger partial charge in [0, 0.05) is 5.56 Å². The number of carbonyl (C=O) groups is 3. The second kappa shape index (κ2) is 8.67. The standard InChI is InChI=1S/C21H16N2O7S/c24-19(22-17-10-3-1-8-15(17)20(25)26)13-6-5-7-14(12-13)31(29,30)23-18-11-4-2-9-16(18)21(27)28/h1-12,23H,(H,22,24)(H,25,26)(H,27,28). The van der Waals surface area contributed by atoms with Gasteiger partial charge < -0.3 is 15.5 Å². The molecule has 0 aliphatic carbocycles. The van der Waals surface area contributed by atoms with Crippen LogP contribution in [0.15, 0.2) is 77.7 Å². The van der Waals surface area contributed by atoms with Crippen molar-refractivity contribution >= 4 is 39.2 Å². The summed E-state index contributed by atoms with van der Waals surface area (Å²) in [7, 11) is -4.21. The quantitative estimate of drug-likeness (QED) is 0.441. The molecule has 158 valence electrons. The molecule has 31 heavy (non-hydrogen) atoms. The van der Waals surface area contributed by atoms with E-state index in [9.17, 15) is 33.0 Å². The van der Waals surface area contributed by atoms with E-state index < -0.39 is 27.9 Å². The van der Waals surface area contributed by atoms with E-state index in [1.807, 2.05) is 0 Å². The first-order valence-electron chi connectivity index (χ1n) is 8.78. The maximum atomic E-state index is 12.7. The van der Waals surface area contributed by atoms with Gasteiger partial charge in [-0.25, -0.2) is 18.0 Å². The first-order chi connectivity index (χ1) is 14.7. The van der Waals surface area contributed by atoms with E-state index in [2.05, 4.69) is 10.0 Å². The number of rotatable bonds is 7. The molecule has 0 spiro atoms. The predicted octanol–water partition coefficient (Wildman–Crippen LogP) is 3.14. The molecule has 0 radical (unpaired) electrons. The van der Waals surface area contributed by atoms with Crippen LogP contribution in [0.4, 0.5) is 11.4 Å². The SMILES string of the molecule is O=C(Nc1ccccc1C(=O)O)c1cccc(S(=O)(=O)Nc2ccccc2C(=O)O)c1. The fraction of sp³-hybridized carbons (Fsp3) is 0. The molecule has 3 aromatic rings. The molecule has 0 fully saturated rings. The first kappa shape index (κ1) is 21.5. The molecule has 10 heteroatoms. The lowest BCUT2D eigenvalue weighted by atomic mass is 10.1. The van der Waals surface area contributed by atoms with Crippen molar-refractivity contribution < 1.29 is 33.0 Å². The summed E-state index contributed by atoms with van der Waals surface area (Å²) in [6, 6.07) is 16.3. The Labute approximate surface area is 177 Å². The summed E-state index contributed by atoms with van der Waals surface area (Å²) in [6.45, 7) is 0. The Morgan fingerprint density at radius 2 is 1.26 bits per heavy atom. The zero-order valence-corrected chi connectivity index (χ0v) is 16.6. The van der Waals surface area contributed by atoms with E-state index in [-0.39, 0.29) is 33.0 Å². The molecule has 3 aromatic carbocycles. The summed E-state index contributed by atoms with van der Waals surface area (Å²) in [4.78, 5) is 34.9. The number of amides is 1. The zero-order chi connectivity index (χ0) is 22.6. The molecule has 0 heterocycles. The van der Waals surface area contributed by atoms with Gasteiger partial charge in [-0.2, -0.15) is 0 Å². The molecular weight excluding hydrogens is 424 g/mol. The van der Waals surface area contributed by atoms with Crippen LogP contribution in [0.3, 0.4) is 0 Å². The number of carboxylic acids is 2. The van der Waals surface area contributed by atoms with Gasteiger partial charge in [-0.3, -0.25) is 9.52 Å².